The normalized spacial score (nSPS) is 10.8. The summed E-state index contributed by atoms with van der Waals surface area (Å²) in [5.41, 5.74) is 11.9. The number of carbonyl (C=O) groups is 2. The first-order valence-electron chi connectivity index (χ1n) is 8.50. The number of primary amides is 1. The Hall–Kier alpha value is -3.97. The van der Waals surface area contributed by atoms with E-state index in [2.05, 4.69) is 9.97 Å². The second-order valence-corrected chi connectivity index (χ2v) is 6.28. The molecule has 4 aromatic rings. The minimum Gasteiger partial charge on any atom is -0.366 e. The van der Waals surface area contributed by atoms with Gasteiger partial charge in [0.05, 0.1) is 11.0 Å². The van der Waals surface area contributed by atoms with Crippen molar-refractivity contribution < 1.29 is 14.8 Å². The van der Waals surface area contributed by atoms with Gasteiger partial charge in [-0.05, 0) is 41.5 Å². The van der Waals surface area contributed by atoms with Crippen molar-refractivity contribution in [3.63, 3.8) is 0 Å². The zero-order valence-corrected chi connectivity index (χ0v) is 14.6. The van der Waals surface area contributed by atoms with Crippen molar-refractivity contribution in [2.24, 2.45) is 5.73 Å². The Kier molecular flexibility index (Phi) is 4.35. The molecule has 0 fully saturated rings. The van der Waals surface area contributed by atoms with Gasteiger partial charge in [-0.1, -0.05) is 36.4 Å². The van der Waals surface area contributed by atoms with Crippen molar-refractivity contribution in [2.45, 2.75) is 0 Å². The van der Waals surface area contributed by atoms with Gasteiger partial charge < -0.3 is 10.7 Å². The molecule has 138 valence electrons. The number of nitrogens with zero attached hydrogens (tertiary/aromatic N) is 1. The quantitative estimate of drug-likeness (QED) is 0.325. The fourth-order valence-corrected chi connectivity index (χ4v) is 3.02. The highest BCUT2D eigenvalue weighted by Crippen LogP contribution is 2.26. The van der Waals surface area contributed by atoms with Crippen molar-refractivity contribution in [1.29, 1.82) is 0 Å². The van der Waals surface area contributed by atoms with Crippen molar-refractivity contribution in [3.8, 4) is 22.5 Å². The molecular weight excluding hydrogens is 356 g/mol. The molecule has 0 saturated heterocycles. The molecule has 28 heavy (non-hydrogen) atoms. The molecule has 7 heteroatoms. The highest BCUT2D eigenvalue weighted by atomic mass is 16.5. The number of rotatable bonds is 4. The molecule has 0 bridgehead atoms. The Labute approximate surface area is 159 Å². The lowest BCUT2D eigenvalue weighted by molar-refractivity contribution is 0.0706. The van der Waals surface area contributed by atoms with Crippen LogP contribution < -0.4 is 11.2 Å². The number of aromatic amines is 1. The van der Waals surface area contributed by atoms with Crippen LogP contribution in [0.15, 0.2) is 66.7 Å². The van der Waals surface area contributed by atoms with E-state index in [0.717, 1.165) is 16.7 Å². The Morgan fingerprint density at radius 1 is 0.893 bits per heavy atom. The smallest absolute Gasteiger partial charge is 0.274 e. The lowest BCUT2D eigenvalue weighted by Gasteiger charge is -2.04. The van der Waals surface area contributed by atoms with Crippen LogP contribution in [0.25, 0.3) is 33.5 Å². The summed E-state index contributed by atoms with van der Waals surface area (Å²) in [5.74, 6) is -0.385. The molecule has 0 unspecified atom stereocenters. The SMILES string of the molecule is NC(=O)c1cccc(-c2ccc(-c3nc4ccc(C(=O)NO)cc4[nH]3)cc2)c1. The number of hydroxylamine groups is 1. The molecule has 3 aromatic carbocycles. The Bertz CT molecular complexity index is 1200. The van der Waals surface area contributed by atoms with Gasteiger partial charge in [0.15, 0.2) is 0 Å². The highest BCUT2D eigenvalue weighted by Gasteiger charge is 2.10. The van der Waals surface area contributed by atoms with E-state index in [1.54, 1.807) is 41.9 Å². The fraction of sp³-hybridized carbons (Fsp3) is 0. The summed E-state index contributed by atoms with van der Waals surface area (Å²) < 4.78 is 0. The number of amides is 2. The van der Waals surface area contributed by atoms with Crippen LogP contribution in [0, 0.1) is 0 Å². The first-order chi connectivity index (χ1) is 13.5. The standard InChI is InChI=1S/C21H16N4O3/c22-19(26)15-3-1-2-14(10-15)12-4-6-13(7-5-12)20-23-17-9-8-16(21(27)25-28)11-18(17)24-20/h1-11,28H,(H2,22,26)(H,23,24)(H,25,27). The first kappa shape index (κ1) is 17.4. The molecular formula is C21H16N4O3. The largest absolute Gasteiger partial charge is 0.366 e. The molecule has 1 aromatic heterocycles. The molecule has 7 nitrogen and oxygen atoms in total. The number of H-pyrrole nitrogens is 1. The third kappa shape index (κ3) is 3.22. The van der Waals surface area contributed by atoms with Crippen molar-refractivity contribution >= 4 is 22.8 Å². The van der Waals surface area contributed by atoms with E-state index in [4.69, 9.17) is 10.9 Å². The number of hydrogen-bond donors (Lipinski definition) is 4. The number of imidazole rings is 1. The van der Waals surface area contributed by atoms with E-state index in [-0.39, 0.29) is 0 Å². The van der Waals surface area contributed by atoms with Gasteiger partial charge in [-0.25, -0.2) is 10.5 Å². The highest BCUT2D eigenvalue weighted by molar-refractivity contribution is 5.97. The fourth-order valence-electron chi connectivity index (χ4n) is 3.02. The minimum absolute atomic E-state index is 0.329. The Balaban J connectivity index is 1.66. The predicted octanol–water partition coefficient (Wildman–Crippen LogP) is 3.11. The van der Waals surface area contributed by atoms with Gasteiger partial charge in [-0.2, -0.15) is 0 Å². The summed E-state index contributed by atoms with van der Waals surface area (Å²) in [6.45, 7) is 0. The third-order valence-corrected chi connectivity index (χ3v) is 4.48. The number of nitrogens with two attached hydrogens (primary N) is 1. The molecule has 0 aliphatic rings. The van der Waals surface area contributed by atoms with Crippen LogP contribution in [-0.4, -0.2) is 27.0 Å². The van der Waals surface area contributed by atoms with E-state index in [9.17, 15) is 9.59 Å². The van der Waals surface area contributed by atoms with E-state index in [1.807, 2.05) is 30.3 Å². The van der Waals surface area contributed by atoms with Gasteiger partial charge in [-0.3, -0.25) is 14.8 Å². The average molecular weight is 372 g/mol. The van der Waals surface area contributed by atoms with Crippen LogP contribution in [0.4, 0.5) is 0 Å². The number of hydrogen-bond acceptors (Lipinski definition) is 4. The summed E-state index contributed by atoms with van der Waals surface area (Å²) >= 11 is 0. The maximum absolute atomic E-state index is 11.5. The molecule has 0 aliphatic heterocycles. The molecule has 0 spiro atoms. The van der Waals surface area contributed by atoms with Crippen molar-refractivity contribution in [1.82, 2.24) is 15.4 Å². The van der Waals surface area contributed by atoms with Crippen molar-refractivity contribution in [2.75, 3.05) is 0 Å². The monoisotopic (exact) mass is 372 g/mol. The summed E-state index contributed by atoms with van der Waals surface area (Å²) in [5, 5.41) is 8.76. The van der Waals surface area contributed by atoms with Crippen LogP contribution in [0.5, 0.6) is 0 Å². The van der Waals surface area contributed by atoms with Crippen LogP contribution in [0.2, 0.25) is 0 Å². The maximum atomic E-state index is 11.5. The summed E-state index contributed by atoms with van der Waals surface area (Å²) in [7, 11) is 0. The van der Waals surface area contributed by atoms with Gasteiger partial charge in [0.1, 0.15) is 5.82 Å². The molecule has 0 aliphatic carbocycles. The zero-order valence-electron chi connectivity index (χ0n) is 14.6. The molecule has 0 radical (unpaired) electrons. The van der Waals surface area contributed by atoms with Gasteiger partial charge in [0.25, 0.3) is 5.91 Å². The van der Waals surface area contributed by atoms with Gasteiger partial charge in [-0.15, -0.1) is 0 Å². The van der Waals surface area contributed by atoms with Crippen LogP contribution in [0.3, 0.4) is 0 Å². The number of carbonyl (C=O) groups excluding carboxylic acids is 2. The average Bonchev–Trinajstić information content (AvgIpc) is 3.16. The Morgan fingerprint density at radius 2 is 1.64 bits per heavy atom. The summed E-state index contributed by atoms with van der Waals surface area (Å²) in [6, 6.07) is 19.8. The van der Waals surface area contributed by atoms with E-state index in [0.29, 0.717) is 28.0 Å². The molecule has 0 saturated carbocycles. The molecule has 5 N–H and O–H groups in total. The number of aromatic nitrogens is 2. The second kappa shape index (κ2) is 6.98. The van der Waals surface area contributed by atoms with E-state index < -0.39 is 11.8 Å². The molecule has 0 atom stereocenters. The Morgan fingerprint density at radius 3 is 2.36 bits per heavy atom. The van der Waals surface area contributed by atoms with E-state index >= 15 is 0 Å². The minimum atomic E-state index is -0.583. The van der Waals surface area contributed by atoms with Crippen LogP contribution in [-0.2, 0) is 0 Å². The maximum Gasteiger partial charge on any atom is 0.274 e. The number of nitrogens with one attached hydrogen (secondary N) is 2. The topological polar surface area (TPSA) is 121 Å². The molecule has 2 amide bonds. The second-order valence-electron chi connectivity index (χ2n) is 6.28. The first-order valence-corrected chi connectivity index (χ1v) is 8.50. The predicted molar refractivity (Wildman–Crippen MR) is 105 cm³/mol. The number of fused-ring (bicyclic) bond motifs is 1. The van der Waals surface area contributed by atoms with Crippen molar-refractivity contribution in [3.05, 3.63) is 77.9 Å². The molecule has 4 rings (SSSR count). The van der Waals surface area contributed by atoms with E-state index in [1.165, 1.54) is 0 Å². The molecule has 1 heterocycles. The summed E-state index contributed by atoms with van der Waals surface area (Å²) in [6.07, 6.45) is 0. The lowest BCUT2D eigenvalue weighted by atomic mass is 10.0. The van der Waals surface area contributed by atoms with Gasteiger partial charge >= 0.3 is 0 Å². The van der Waals surface area contributed by atoms with Gasteiger partial charge in [0.2, 0.25) is 5.91 Å². The van der Waals surface area contributed by atoms with Crippen LogP contribution >= 0.6 is 0 Å². The van der Waals surface area contributed by atoms with Crippen LogP contribution in [0.1, 0.15) is 20.7 Å². The number of benzene rings is 3. The zero-order chi connectivity index (χ0) is 19.7. The third-order valence-electron chi connectivity index (χ3n) is 4.48. The lowest BCUT2D eigenvalue weighted by Crippen LogP contribution is -2.18. The van der Waals surface area contributed by atoms with Gasteiger partial charge in [0, 0.05) is 16.7 Å². The summed E-state index contributed by atoms with van der Waals surface area (Å²) in [4.78, 5) is 30.6.